The zero-order valence-corrected chi connectivity index (χ0v) is 35.5. The highest BCUT2D eigenvalue weighted by Crippen LogP contribution is 2.35. The van der Waals surface area contributed by atoms with Crippen LogP contribution in [0.4, 0.5) is 0 Å². The number of nitrogens with zero attached hydrogens (tertiary/aromatic N) is 2. The van der Waals surface area contributed by atoms with E-state index in [-0.39, 0.29) is 116 Å². The van der Waals surface area contributed by atoms with E-state index in [2.05, 4.69) is 10.6 Å². The third-order valence-corrected chi connectivity index (χ3v) is 10.2. The first-order valence-electron chi connectivity index (χ1n) is 20.7. The Morgan fingerprint density at radius 2 is 1.02 bits per heavy atom. The standard InChI is InChI=1S/C24H28N2O8.C20H20N2O8/c1-24(2,3)34-19(29)10-5-4-7-14(27)13-33-17-9-6-8-15-20(17)23(32)26(22(15)31)16-11-12-18(28)25-21(16)30;23-11(4-1-2-7-16(25)26)10-30-14-6-3-5-12-17(14)20(29)22(19(12)28)13-8-9-15(24)21-18(13)27/h6,8-9,16H,4-5,7,10-13H2,1-3H3,(H,25,28,30);3,5-6,13H,1-2,4,7-10H2,(H,25,26)(H,21,24,27). The Bertz CT molecular complexity index is 2300. The van der Waals surface area contributed by atoms with Gasteiger partial charge >= 0.3 is 11.9 Å². The summed E-state index contributed by atoms with van der Waals surface area (Å²) in [5, 5.41) is 12.9. The van der Waals surface area contributed by atoms with Crippen molar-refractivity contribution in [2.24, 2.45) is 0 Å². The third-order valence-electron chi connectivity index (χ3n) is 10.2. The van der Waals surface area contributed by atoms with Crippen molar-refractivity contribution >= 4 is 70.8 Å². The number of carbonyl (C=O) groups is 12. The number of piperidine rings is 2. The molecule has 3 N–H and O–H groups in total. The number of aliphatic carboxylic acids is 1. The molecule has 20 nitrogen and oxygen atoms in total. The molecule has 2 unspecified atom stereocenters. The Hall–Kier alpha value is -7.12. The highest BCUT2D eigenvalue weighted by Gasteiger charge is 2.47. The number of fused-ring (bicyclic) bond motifs is 2. The number of carboxylic acid groups (broad SMARTS) is 1. The Morgan fingerprint density at radius 3 is 1.41 bits per heavy atom. The van der Waals surface area contributed by atoms with Crippen LogP contribution in [0.5, 0.6) is 11.5 Å². The molecule has 4 aliphatic heterocycles. The second-order valence-corrected chi connectivity index (χ2v) is 16.3. The Kier molecular flexibility index (Phi) is 15.6. The maximum atomic E-state index is 13.0. The molecule has 6 rings (SSSR count). The summed E-state index contributed by atoms with van der Waals surface area (Å²) in [5.74, 6) is -6.64. The fourth-order valence-corrected chi connectivity index (χ4v) is 7.25. The lowest BCUT2D eigenvalue weighted by Crippen LogP contribution is -2.54. The summed E-state index contributed by atoms with van der Waals surface area (Å²) in [6, 6.07) is 6.69. The van der Waals surface area contributed by atoms with Crippen molar-refractivity contribution in [1.29, 1.82) is 0 Å². The van der Waals surface area contributed by atoms with Gasteiger partial charge in [-0.1, -0.05) is 12.1 Å². The lowest BCUT2D eigenvalue weighted by molar-refractivity contribution is -0.155. The van der Waals surface area contributed by atoms with Crippen molar-refractivity contribution in [3.05, 3.63) is 58.7 Å². The van der Waals surface area contributed by atoms with Crippen molar-refractivity contribution < 1.29 is 76.9 Å². The minimum absolute atomic E-state index is 0.00470. The summed E-state index contributed by atoms with van der Waals surface area (Å²) in [4.78, 5) is 147. The Balaban J connectivity index is 0.000000243. The lowest BCUT2D eigenvalue weighted by atomic mass is 10.0. The van der Waals surface area contributed by atoms with Gasteiger partial charge in [0.2, 0.25) is 23.6 Å². The van der Waals surface area contributed by atoms with Crippen molar-refractivity contribution in [3.8, 4) is 11.5 Å². The van der Waals surface area contributed by atoms with E-state index in [1.54, 1.807) is 20.8 Å². The quantitative estimate of drug-likeness (QED) is 0.110. The van der Waals surface area contributed by atoms with Crippen LogP contribution < -0.4 is 20.1 Å². The van der Waals surface area contributed by atoms with Crippen LogP contribution in [0.3, 0.4) is 0 Å². The fraction of sp³-hybridized carbons (Fsp3) is 0.455. The normalized spacial score (nSPS) is 18.1. The molecule has 0 aliphatic carbocycles. The molecule has 2 aromatic rings. The fourth-order valence-electron chi connectivity index (χ4n) is 7.25. The van der Waals surface area contributed by atoms with Crippen molar-refractivity contribution in [2.45, 2.75) is 116 Å². The highest BCUT2D eigenvalue weighted by atomic mass is 16.6. The summed E-state index contributed by atoms with van der Waals surface area (Å²) >= 11 is 0. The molecule has 0 saturated carbocycles. The van der Waals surface area contributed by atoms with Crippen LogP contribution in [-0.2, 0) is 43.1 Å². The number of carboxylic acids is 1. The van der Waals surface area contributed by atoms with Crippen LogP contribution in [0.25, 0.3) is 0 Å². The van der Waals surface area contributed by atoms with Crippen LogP contribution in [-0.4, -0.2) is 117 Å². The van der Waals surface area contributed by atoms with E-state index in [1.807, 2.05) is 0 Å². The summed E-state index contributed by atoms with van der Waals surface area (Å²) in [6.45, 7) is 4.73. The van der Waals surface area contributed by atoms with Crippen LogP contribution in [0, 0.1) is 0 Å². The number of imide groups is 4. The smallest absolute Gasteiger partial charge is 0.306 e. The molecule has 64 heavy (non-hydrogen) atoms. The van der Waals surface area contributed by atoms with Gasteiger partial charge in [0.25, 0.3) is 23.6 Å². The number of rotatable bonds is 18. The molecule has 2 fully saturated rings. The van der Waals surface area contributed by atoms with Gasteiger partial charge in [0.15, 0.2) is 11.6 Å². The monoisotopic (exact) mass is 888 g/mol. The van der Waals surface area contributed by atoms with E-state index in [4.69, 9.17) is 19.3 Å². The van der Waals surface area contributed by atoms with Gasteiger partial charge in [0, 0.05) is 38.5 Å². The zero-order valence-electron chi connectivity index (χ0n) is 35.5. The molecule has 8 amide bonds. The number of unbranched alkanes of at least 4 members (excludes halogenated alkanes) is 2. The molecule has 2 saturated heterocycles. The molecule has 340 valence electrons. The number of carbonyl (C=O) groups excluding carboxylic acids is 11. The van der Waals surface area contributed by atoms with Crippen LogP contribution >= 0.6 is 0 Å². The van der Waals surface area contributed by atoms with Crippen molar-refractivity contribution in [1.82, 2.24) is 20.4 Å². The van der Waals surface area contributed by atoms with E-state index >= 15 is 0 Å². The third kappa shape index (κ3) is 11.9. The molecule has 2 atom stereocenters. The first-order chi connectivity index (χ1) is 30.3. The minimum atomic E-state index is -1.08. The number of amides is 8. The molecule has 0 aromatic heterocycles. The van der Waals surface area contributed by atoms with E-state index in [9.17, 15) is 57.5 Å². The maximum absolute atomic E-state index is 13.0. The summed E-state index contributed by atoms with van der Waals surface area (Å²) in [5.41, 5.74) is -0.433. The van der Waals surface area contributed by atoms with Gasteiger partial charge in [0.1, 0.15) is 42.4 Å². The van der Waals surface area contributed by atoms with Crippen LogP contribution in [0.2, 0.25) is 0 Å². The molecule has 0 radical (unpaired) electrons. The van der Waals surface area contributed by atoms with Gasteiger partial charge in [-0.15, -0.1) is 0 Å². The van der Waals surface area contributed by atoms with E-state index in [0.29, 0.717) is 25.7 Å². The first-order valence-corrected chi connectivity index (χ1v) is 20.7. The molecule has 4 heterocycles. The topological polar surface area (TPSA) is 283 Å². The predicted molar refractivity (Wildman–Crippen MR) is 218 cm³/mol. The Labute approximate surface area is 366 Å². The molecule has 20 heteroatoms. The highest BCUT2D eigenvalue weighted by molar-refractivity contribution is 6.25. The van der Waals surface area contributed by atoms with E-state index in [1.165, 1.54) is 36.4 Å². The van der Waals surface area contributed by atoms with Crippen molar-refractivity contribution in [3.63, 3.8) is 0 Å². The molecule has 0 bridgehead atoms. The number of esters is 1. The number of benzene rings is 2. The SMILES string of the molecule is CC(C)(C)OC(=O)CCCCC(=O)COc1cccc2c1C(=O)N(C1CCC(=O)NC1=O)C2=O.O=C(O)CCCCC(=O)COc1cccc2c1C(=O)N(C1CCC(=O)NC1=O)C2=O. The van der Waals surface area contributed by atoms with Crippen molar-refractivity contribution in [2.75, 3.05) is 13.2 Å². The average Bonchev–Trinajstić information content (AvgIpc) is 3.63. The summed E-state index contributed by atoms with van der Waals surface area (Å²) < 4.78 is 16.2. The van der Waals surface area contributed by atoms with Gasteiger partial charge < -0.3 is 19.3 Å². The van der Waals surface area contributed by atoms with Crippen LogP contribution in [0.1, 0.15) is 139 Å². The lowest BCUT2D eigenvalue weighted by Gasteiger charge is -2.27. The van der Waals surface area contributed by atoms with E-state index < -0.39 is 70.9 Å². The largest absolute Gasteiger partial charge is 0.485 e. The summed E-state index contributed by atoms with van der Waals surface area (Å²) in [6.07, 6.45) is 2.40. The number of hydrogen-bond acceptors (Lipinski definition) is 15. The van der Waals surface area contributed by atoms with Gasteiger partial charge in [-0.3, -0.25) is 78.0 Å². The average molecular weight is 889 g/mol. The van der Waals surface area contributed by atoms with Crippen LogP contribution in [0.15, 0.2) is 36.4 Å². The molecular formula is C44H48N4O16. The second kappa shape index (κ2) is 20.8. The maximum Gasteiger partial charge on any atom is 0.306 e. The first kappa shape index (κ1) is 47.9. The minimum Gasteiger partial charge on any atom is -0.485 e. The number of ketones is 2. The second-order valence-electron chi connectivity index (χ2n) is 16.3. The van der Waals surface area contributed by atoms with Gasteiger partial charge in [0.05, 0.1) is 22.3 Å². The zero-order chi connectivity index (χ0) is 46.9. The molecule has 4 aliphatic rings. The van der Waals surface area contributed by atoms with E-state index in [0.717, 1.165) is 9.80 Å². The number of hydrogen-bond donors (Lipinski definition) is 3. The van der Waals surface area contributed by atoms with Gasteiger partial charge in [-0.2, -0.15) is 0 Å². The molecule has 0 spiro atoms. The number of nitrogens with one attached hydrogen (secondary N) is 2. The Morgan fingerprint density at radius 1 is 0.609 bits per heavy atom. The predicted octanol–water partition coefficient (Wildman–Crippen LogP) is 2.62. The van der Waals surface area contributed by atoms with Gasteiger partial charge in [-0.25, -0.2) is 0 Å². The van der Waals surface area contributed by atoms with Gasteiger partial charge in [-0.05, 0) is 83.6 Å². The number of Topliss-reactive ketones (excluding diaryl/α,β-unsaturated/α-hetero) is 2. The summed E-state index contributed by atoms with van der Waals surface area (Å²) in [7, 11) is 0. The number of ether oxygens (including phenoxy) is 3. The molecular weight excluding hydrogens is 840 g/mol. The molecule has 2 aromatic carbocycles.